The van der Waals surface area contributed by atoms with Crippen molar-refractivity contribution in [3.05, 3.63) is 12.2 Å². The largest absolute Gasteiger partial charge is 0.411 e. The topological polar surface area (TPSA) is 66.5 Å². The molecule has 6 nitrogen and oxygen atoms in total. The Morgan fingerprint density at radius 1 is 1.47 bits per heavy atom. The summed E-state index contributed by atoms with van der Waals surface area (Å²) in [6.07, 6.45) is 3.25. The first-order valence-electron chi connectivity index (χ1n) is 5.04. The molecule has 1 N–H and O–H groups in total. The molecule has 1 aromatic rings. The SMILES string of the molecule is Cn1ncnc1CN1CCC(=NO)CC1. The van der Waals surface area contributed by atoms with E-state index in [1.165, 1.54) is 0 Å². The predicted molar refractivity (Wildman–Crippen MR) is 54.7 cm³/mol. The molecule has 0 bridgehead atoms. The minimum atomic E-state index is 0.815. The van der Waals surface area contributed by atoms with Crippen LogP contribution in [0.3, 0.4) is 0 Å². The summed E-state index contributed by atoms with van der Waals surface area (Å²) in [7, 11) is 1.90. The van der Waals surface area contributed by atoms with Gasteiger partial charge in [-0.2, -0.15) is 5.10 Å². The third-order valence-corrected chi connectivity index (χ3v) is 2.74. The van der Waals surface area contributed by atoms with Gasteiger partial charge in [0.25, 0.3) is 0 Å². The van der Waals surface area contributed by atoms with Crippen LogP contribution in [0.5, 0.6) is 0 Å². The summed E-state index contributed by atoms with van der Waals surface area (Å²) in [5.41, 5.74) is 0.893. The van der Waals surface area contributed by atoms with Crippen molar-refractivity contribution in [2.45, 2.75) is 19.4 Å². The quantitative estimate of drug-likeness (QED) is 0.559. The van der Waals surface area contributed by atoms with Crippen molar-refractivity contribution in [2.75, 3.05) is 13.1 Å². The van der Waals surface area contributed by atoms with Gasteiger partial charge in [-0.25, -0.2) is 4.98 Å². The standard InChI is InChI=1S/C9H15N5O/c1-13-9(10-7-11-13)6-14-4-2-8(12-15)3-5-14/h7,15H,2-6H2,1H3. The van der Waals surface area contributed by atoms with Crippen LogP contribution in [-0.4, -0.2) is 43.7 Å². The summed E-state index contributed by atoms with van der Waals surface area (Å²) in [5, 5.41) is 15.9. The molecule has 0 unspecified atom stereocenters. The van der Waals surface area contributed by atoms with Crippen LogP contribution in [0.25, 0.3) is 0 Å². The normalized spacial score (nSPS) is 18.1. The highest BCUT2D eigenvalue weighted by atomic mass is 16.4. The molecule has 15 heavy (non-hydrogen) atoms. The molecule has 0 aromatic carbocycles. The van der Waals surface area contributed by atoms with Gasteiger partial charge in [-0.05, 0) is 0 Å². The molecule has 6 heteroatoms. The number of hydrogen-bond donors (Lipinski definition) is 1. The summed E-state index contributed by atoms with van der Waals surface area (Å²) in [6.45, 7) is 2.66. The Hall–Kier alpha value is -1.43. The number of oxime groups is 1. The zero-order valence-corrected chi connectivity index (χ0v) is 8.80. The minimum absolute atomic E-state index is 0.815. The molecule has 82 valence electrons. The summed E-state index contributed by atoms with van der Waals surface area (Å²) in [6, 6.07) is 0. The van der Waals surface area contributed by atoms with E-state index in [1.807, 2.05) is 7.05 Å². The molecular weight excluding hydrogens is 194 g/mol. The molecule has 0 radical (unpaired) electrons. The minimum Gasteiger partial charge on any atom is -0.411 e. The van der Waals surface area contributed by atoms with E-state index in [1.54, 1.807) is 11.0 Å². The van der Waals surface area contributed by atoms with Crippen LogP contribution in [0.2, 0.25) is 0 Å². The van der Waals surface area contributed by atoms with E-state index in [0.29, 0.717) is 0 Å². The highest BCUT2D eigenvalue weighted by Gasteiger charge is 2.16. The number of hydrogen-bond acceptors (Lipinski definition) is 5. The third-order valence-electron chi connectivity index (χ3n) is 2.74. The first kappa shape index (κ1) is 10.1. The zero-order chi connectivity index (χ0) is 10.7. The van der Waals surface area contributed by atoms with Gasteiger partial charge in [0.2, 0.25) is 0 Å². The molecular formula is C9H15N5O. The zero-order valence-electron chi connectivity index (χ0n) is 8.80. The van der Waals surface area contributed by atoms with E-state index in [0.717, 1.165) is 44.0 Å². The number of rotatable bonds is 2. The van der Waals surface area contributed by atoms with Crippen molar-refractivity contribution in [2.24, 2.45) is 12.2 Å². The van der Waals surface area contributed by atoms with Gasteiger partial charge in [0.1, 0.15) is 12.2 Å². The Kier molecular flexibility index (Phi) is 2.96. The molecule has 1 fully saturated rings. The van der Waals surface area contributed by atoms with Crippen molar-refractivity contribution in [1.82, 2.24) is 19.7 Å². The van der Waals surface area contributed by atoms with Gasteiger partial charge in [0.05, 0.1) is 12.3 Å². The smallest absolute Gasteiger partial charge is 0.140 e. The van der Waals surface area contributed by atoms with Crippen molar-refractivity contribution >= 4 is 5.71 Å². The van der Waals surface area contributed by atoms with Gasteiger partial charge in [0.15, 0.2) is 0 Å². The molecule has 2 rings (SSSR count). The van der Waals surface area contributed by atoms with Crippen LogP contribution in [0, 0.1) is 0 Å². The molecule has 2 heterocycles. The molecule has 0 saturated carbocycles. The fourth-order valence-electron chi connectivity index (χ4n) is 1.73. The van der Waals surface area contributed by atoms with Gasteiger partial charge in [0, 0.05) is 33.0 Å². The number of aryl methyl sites for hydroxylation is 1. The maximum absolute atomic E-state index is 8.62. The average molecular weight is 209 g/mol. The maximum atomic E-state index is 8.62. The Morgan fingerprint density at radius 2 is 2.20 bits per heavy atom. The second kappa shape index (κ2) is 4.39. The van der Waals surface area contributed by atoms with E-state index in [2.05, 4.69) is 20.1 Å². The Balaban J connectivity index is 1.90. The lowest BCUT2D eigenvalue weighted by Gasteiger charge is -2.26. The van der Waals surface area contributed by atoms with E-state index in [4.69, 9.17) is 5.21 Å². The molecule has 0 atom stereocenters. The molecule has 1 saturated heterocycles. The average Bonchev–Trinajstić information content (AvgIpc) is 2.66. The second-order valence-corrected chi connectivity index (χ2v) is 3.74. The predicted octanol–water partition coefficient (Wildman–Crippen LogP) is 0.241. The summed E-state index contributed by atoms with van der Waals surface area (Å²) >= 11 is 0. The Morgan fingerprint density at radius 3 is 2.73 bits per heavy atom. The molecule has 1 aliphatic rings. The van der Waals surface area contributed by atoms with Gasteiger partial charge < -0.3 is 5.21 Å². The summed E-state index contributed by atoms with van der Waals surface area (Å²) in [4.78, 5) is 6.47. The van der Waals surface area contributed by atoms with Crippen LogP contribution >= 0.6 is 0 Å². The van der Waals surface area contributed by atoms with Crippen molar-refractivity contribution < 1.29 is 5.21 Å². The Labute approximate surface area is 88.2 Å². The highest BCUT2D eigenvalue weighted by Crippen LogP contribution is 2.09. The van der Waals surface area contributed by atoms with E-state index < -0.39 is 0 Å². The number of aromatic nitrogens is 3. The van der Waals surface area contributed by atoms with Crippen molar-refractivity contribution in [1.29, 1.82) is 0 Å². The van der Waals surface area contributed by atoms with Crippen molar-refractivity contribution in [3.63, 3.8) is 0 Å². The molecule has 1 aromatic heterocycles. The summed E-state index contributed by atoms with van der Waals surface area (Å²) in [5.74, 6) is 0.972. The number of piperidine rings is 1. The molecule has 0 amide bonds. The fraction of sp³-hybridized carbons (Fsp3) is 0.667. The number of likely N-dealkylation sites (tertiary alicyclic amines) is 1. The van der Waals surface area contributed by atoms with Gasteiger partial charge in [-0.3, -0.25) is 9.58 Å². The maximum Gasteiger partial charge on any atom is 0.140 e. The van der Waals surface area contributed by atoms with Crippen LogP contribution in [0.4, 0.5) is 0 Å². The fourth-order valence-corrected chi connectivity index (χ4v) is 1.73. The first-order chi connectivity index (χ1) is 7.29. The molecule has 0 aliphatic carbocycles. The van der Waals surface area contributed by atoms with Gasteiger partial charge in [-0.1, -0.05) is 5.16 Å². The van der Waals surface area contributed by atoms with Crippen LogP contribution < -0.4 is 0 Å². The molecule has 1 aliphatic heterocycles. The van der Waals surface area contributed by atoms with Crippen LogP contribution in [0.15, 0.2) is 11.5 Å². The van der Waals surface area contributed by atoms with Crippen molar-refractivity contribution in [3.8, 4) is 0 Å². The number of nitrogens with zero attached hydrogens (tertiary/aromatic N) is 5. The summed E-state index contributed by atoms with van der Waals surface area (Å²) < 4.78 is 1.79. The molecule has 0 spiro atoms. The Bertz CT molecular complexity index is 349. The highest BCUT2D eigenvalue weighted by molar-refractivity contribution is 5.84. The van der Waals surface area contributed by atoms with Crippen LogP contribution in [0.1, 0.15) is 18.7 Å². The van der Waals surface area contributed by atoms with Crippen LogP contribution in [-0.2, 0) is 13.6 Å². The lowest BCUT2D eigenvalue weighted by molar-refractivity contribution is 0.248. The lowest BCUT2D eigenvalue weighted by Crippen LogP contribution is -2.34. The van der Waals surface area contributed by atoms with E-state index in [-0.39, 0.29) is 0 Å². The van der Waals surface area contributed by atoms with Gasteiger partial charge >= 0.3 is 0 Å². The lowest BCUT2D eigenvalue weighted by atomic mass is 10.1. The second-order valence-electron chi connectivity index (χ2n) is 3.74. The first-order valence-corrected chi connectivity index (χ1v) is 5.04. The van der Waals surface area contributed by atoms with Gasteiger partial charge in [-0.15, -0.1) is 0 Å². The monoisotopic (exact) mass is 209 g/mol. The van der Waals surface area contributed by atoms with E-state index >= 15 is 0 Å². The van der Waals surface area contributed by atoms with E-state index in [9.17, 15) is 0 Å². The third kappa shape index (κ3) is 2.33.